The Labute approximate surface area is 144 Å². The van der Waals surface area contributed by atoms with Crippen LogP contribution in [0.25, 0.3) is 0 Å². The Hall–Kier alpha value is -2.44. The fourth-order valence-electron chi connectivity index (χ4n) is 2.11. The summed E-state index contributed by atoms with van der Waals surface area (Å²) >= 11 is 6.01. The summed E-state index contributed by atoms with van der Waals surface area (Å²) in [6, 6.07) is 9.52. The molecule has 1 amide bonds. The van der Waals surface area contributed by atoms with Crippen molar-refractivity contribution in [2.75, 3.05) is 5.32 Å². The molecule has 0 aliphatic carbocycles. The Bertz CT molecular complexity index is 722. The molecule has 0 aliphatic rings. The number of hydrogen-bond acceptors (Lipinski definition) is 4. The molecule has 0 radical (unpaired) electrons. The van der Waals surface area contributed by atoms with Gasteiger partial charge in [0.25, 0.3) is 0 Å². The highest BCUT2D eigenvalue weighted by molar-refractivity contribution is 6.31. The molecule has 0 spiro atoms. The van der Waals surface area contributed by atoms with E-state index in [0.29, 0.717) is 16.4 Å². The van der Waals surface area contributed by atoms with Crippen molar-refractivity contribution in [1.82, 2.24) is 10.3 Å². The van der Waals surface area contributed by atoms with Crippen molar-refractivity contribution in [3.8, 4) is 0 Å². The minimum absolute atomic E-state index is 0.200. The maximum atomic E-state index is 12.1. The van der Waals surface area contributed by atoms with Gasteiger partial charge in [0.05, 0.1) is 12.1 Å². The molecule has 1 atom stereocenters. The molecule has 1 aromatic heterocycles. The number of carbonyl (C=O) groups is 2. The van der Waals surface area contributed by atoms with Gasteiger partial charge in [0.1, 0.15) is 6.04 Å². The Balaban J connectivity index is 1.95. The van der Waals surface area contributed by atoms with E-state index >= 15 is 0 Å². The summed E-state index contributed by atoms with van der Waals surface area (Å²) in [7, 11) is 0. The number of amides is 1. The Morgan fingerprint density at radius 1 is 1.25 bits per heavy atom. The number of anilines is 1. The highest BCUT2D eigenvalue weighted by atomic mass is 35.5. The van der Waals surface area contributed by atoms with Crippen LogP contribution >= 0.6 is 11.6 Å². The molecule has 126 valence electrons. The number of carbonyl (C=O) groups excluding carboxylic acids is 1. The predicted octanol–water partition coefficient (Wildman–Crippen LogP) is 2.62. The molecule has 2 rings (SSSR count). The number of carboxylic acids is 1. The first-order valence-electron chi connectivity index (χ1n) is 7.38. The second-order valence-corrected chi connectivity index (χ2v) is 5.66. The Kier molecular flexibility index (Phi) is 6.28. The topological polar surface area (TPSA) is 91.3 Å². The average Bonchev–Trinajstić information content (AvgIpc) is 2.56. The van der Waals surface area contributed by atoms with Crippen LogP contribution in [0.1, 0.15) is 17.7 Å². The van der Waals surface area contributed by atoms with E-state index in [0.717, 1.165) is 5.56 Å². The molecule has 3 N–H and O–H groups in total. The summed E-state index contributed by atoms with van der Waals surface area (Å²) in [5, 5.41) is 15.3. The van der Waals surface area contributed by atoms with Gasteiger partial charge in [-0.05, 0) is 36.8 Å². The molecule has 1 heterocycles. The third-order valence-corrected chi connectivity index (χ3v) is 3.89. The molecule has 7 heteroatoms. The number of aromatic nitrogens is 1. The largest absolute Gasteiger partial charge is 0.480 e. The molecule has 2 aromatic rings. The summed E-state index contributed by atoms with van der Waals surface area (Å²) in [5.41, 5.74) is 2.01. The molecule has 0 bridgehead atoms. The van der Waals surface area contributed by atoms with Crippen LogP contribution in [-0.2, 0) is 16.1 Å². The number of nitrogens with one attached hydrogen (secondary N) is 2. The van der Waals surface area contributed by atoms with Gasteiger partial charge in [0.2, 0.25) is 5.91 Å². The third-order valence-electron chi connectivity index (χ3n) is 3.49. The molecule has 1 aromatic carbocycles. The molecule has 0 fully saturated rings. The molecule has 6 nitrogen and oxygen atoms in total. The highest BCUT2D eigenvalue weighted by Gasteiger charge is 2.21. The van der Waals surface area contributed by atoms with Crippen molar-refractivity contribution in [2.24, 2.45) is 0 Å². The quantitative estimate of drug-likeness (QED) is 0.716. The summed E-state index contributed by atoms with van der Waals surface area (Å²) in [6.45, 7) is 2.05. The van der Waals surface area contributed by atoms with Crippen LogP contribution in [0.4, 0.5) is 5.69 Å². The fourth-order valence-corrected chi connectivity index (χ4v) is 2.28. The Morgan fingerprint density at radius 2 is 2.04 bits per heavy atom. The first kappa shape index (κ1) is 17.9. The lowest BCUT2D eigenvalue weighted by molar-refractivity contribution is -0.141. The number of nitrogens with zero attached hydrogens (tertiary/aromatic N) is 1. The smallest absolute Gasteiger partial charge is 0.321 e. The minimum Gasteiger partial charge on any atom is -0.480 e. The van der Waals surface area contributed by atoms with Gasteiger partial charge in [-0.2, -0.15) is 0 Å². The second-order valence-electron chi connectivity index (χ2n) is 5.26. The zero-order chi connectivity index (χ0) is 17.5. The predicted molar refractivity (Wildman–Crippen MR) is 91.9 cm³/mol. The SMILES string of the molecule is Cc1c(Cl)cccc1NC(=O)C[C@@H](NCc1ccccn1)C(=O)O. The summed E-state index contributed by atoms with van der Waals surface area (Å²) in [5.74, 6) is -1.50. The van der Waals surface area contributed by atoms with Gasteiger partial charge >= 0.3 is 5.97 Å². The number of pyridine rings is 1. The van der Waals surface area contributed by atoms with Crippen LogP contribution in [0.5, 0.6) is 0 Å². The van der Waals surface area contributed by atoms with Crippen LogP contribution < -0.4 is 10.6 Å². The van der Waals surface area contributed by atoms with Crippen LogP contribution in [0.15, 0.2) is 42.6 Å². The van der Waals surface area contributed by atoms with E-state index in [9.17, 15) is 14.7 Å². The molecule has 0 saturated heterocycles. The molecule has 0 aliphatic heterocycles. The third kappa shape index (κ3) is 5.04. The van der Waals surface area contributed by atoms with E-state index in [1.54, 1.807) is 43.5 Å². The molecule has 24 heavy (non-hydrogen) atoms. The monoisotopic (exact) mass is 347 g/mol. The van der Waals surface area contributed by atoms with Crippen molar-refractivity contribution in [1.29, 1.82) is 0 Å². The number of aliphatic carboxylic acids is 1. The van der Waals surface area contributed by atoms with Gasteiger partial charge in [0.15, 0.2) is 0 Å². The maximum Gasteiger partial charge on any atom is 0.321 e. The molecular weight excluding hydrogens is 330 g/mol. The van der Waals surface area contributed by atoms with E-state index in [1.165, 1.54) is 0 Å². The molecule has 0 unspecified atom stereocenters. The van der Waals surface area contributed by atoms with Gasteiger partial charge in [0, 0.05) is 23.5 Å². The van der Waals surface area contributed by atoms with Crippen molar-refractivity contribution >= 4 is 29.2 Å². The van der Waals surface area contributed by atoms with Gasteiger partial charge in [-0.3, -0.25) is 19.9 Å². The van der Waals surface area contributed by atoms with Gasteiger partial charge in [-0.1, -0.05) is 23.7 Å². The van der Waals surface area contributed by atoms with E-state index < -0.39 is 17.9 Å². The van der Waals surface area contributed by atoms with Crippen molar-refractivity contribution in [3.63, 3.8) is 0 Å². The number of rotatable bonds is 7. The van der Waals surface area contributed by atoms with E-state index in [1.807, 2.05) is 6.07 Å². The van der Waals surface area contributed by atoms with Gasteiger partial charge in [-0.25, -0.2) is 0 Å². The zero-order valence-corrected chi connectivity index (χ0v) is 13.9. The summed E-state index contributed by atoms with van der Waals surface area (Å²) < 4.78 is 0. The fraction of sp³-hybridized carbons (Fsp3) is 0.235. The van der Waals surface area contributed by atoms with Crippen LogP contribution in [0.3, 0.4) is 0 Å². The molecule has 0 saturated carbocycles. The second kappa shape index (κ2) is 8.42. The van der Waals surface area contributed by atoms with Crippen LogP contribution in [0, 0.1) is 6.92 Å². The molecular formula is C17H18ClN3O3. The van der Waals surface area contributed by atoms with Crippen molar-refractivity contribution < 1.29 is 14.7 Å². The van der Waals surface area contributed by atoms with E-state index in [4.69, 9.17) is 11.6 Å². The first-order valence-corrected chi connectivity index (χ1v) is 7.76. The van der Waals surface area contributed by atoms with Crippen LogP contribution in [0.2, 0.25) is 5.02 Å². The number of carboxylic acid groups (broad SMARTS) is 1. The number of hydrogen-bond donors (Lipinski definition) is 3. The van der Waals surface area contributed by atoms with Crippen molar-refractivity contribution in [2.45, 2.75) is 25.9 Å². The lowest BCUT2D eigenvalue weighted by atomic mass is 10.1. The van der Waals surface area contributed by atoms with Crippen molar-refractivity contribution in [3.05, 3.63) is 58.9 Å². The van der Waals surface area contributed by atoms with Gasteiger partial charge < -0.3 is 10.4 Å². The average molecular weight is 348 g/mol. The van der Waals surface area contributed by atoms with E-state index in [2.05, 4.69) is 15.6 Å². The normalized spacial score (nSPS) is 11.8. The zero-order valence-electron chi connectivity index (χ0n) is 13.1. The lowest BCUT2D eigenvalue weighted by Gasteiger charge is -2.15. The minimum atomic E-state index is -1.09. The summed E-state index contributed by atoms with van der Waals surface area (Å²) in [4.78, 5) is 27.6. The van der Waals surface area contributed by atoms with E-state index in [-0.39, 0.29) is 13.0 Å². The number of halogens is 1. The summed E-state index contributed by atoms with van der Waals surface area (Å²) in [6.07, 6.45) is 1.43. The maximum absolute atomic E-state index is 12.1. The lowest BCUT2D eigenvalue weighted by Crippen LogP contribution is -2.39. The standard InChI is InChI=1S/C17H18ClN3O3/c1-11-13(18)6-4-7-14(11)21-16(22)9-15(17(23)24)20-10-12-5-2-3-8-19-12/h2-8,15,20H,9-10H2,1H3,(H,21,22)(H,23,24)/t15-/m1/s1. The first-order chi connectivity index (χ1) is 11.5. The highest BCUT2D eigenvalue weighted by Crippen LogP contribution is 2.23. The number of benzene rings is 1. The van der Waals surface area contributed by atoms with Gasteiger partial charge in [-0.15, -0.1) is 0 Å². The Morgan fingerprint density at radius 3 is 2.71 bits per heavy atom. The van der Waals surface area contributed by atoms with Crippen LogP contribution in [-0.4, -0.2) is 28.0 Å².